The molecule has 0 aromatic carbocycles. The molecular formula is C14H21N5. The van der Waals surface area contributed by atoms with Crippen molar-refractivity contribution in [2.45, 2.75) is 32.2 Å². The van der Waals surface area contributed by atoms with E-state index in [2.05, 4.69) is 46.4 Å². The Labute approximate surface area is 113 Å². The van der Waals surface area contributed by atoms with Gasteiger partial charge < -0.3 is 10.2 Å². The number of nitrogens with one attached hydrogen (secondary N) is 1. The highest BCUT2D eigenvalue weighted by atomic mass is 15.4. The minimum Gasteiger partial charge on any atom is -0.340 e. The second-order valence-electron chi connectivity index (χ2n) is 5.36. The number of aromatic nitrogens is 3. The zero-order valence-corrected chi connectivity index (χ0v) is 11.6. The smallest absolute Gasteiger partial charge is 0.245 e. The highest BCUT2D eigenvalue weighted by molar-refractivity contribution is 5.46. The fraction of sp³-hybridized carbons (Fsp3) is 0.571. The molecule has 5 heteroatoms. The van der Waals surface area contributed by atoms with Crippen LogP contribution in [0.1, 0.15) is 24.8 Å². The summed E-state index contributed by atoms with van der Waals surface area (Å²) < 4.78 is 1.85. The lowest BCUT2D eigenvalue weighted by Crippen LogP contribution is -2.33. The van der Waals surface area contributed by atoms with Crippen molar-refractivity contribution in [3.05, 3.63) is 23.9 Å². The molecule has 5 nitrogen and oxygen atoms in total. The summed E-state index contributed by atoms with van der Waals surface area (Å²) >= 11 is 0. The zero-order chi connectivity index (χ0) is 13.2. The maximum Gasteiger partial charge on any atom is 0.245 e. The summed E-state index contributed by atoms with van der Waals surface area (Å²) in [6.45, 7) is 4.29. The van der Waals surface area contributed by atoms with Gasteiger partial charge in [0.05, 0.1) is 0 Å². The van der Waals surface area contributed by atoms with E-state index in [1.807, 2.05) is 10.7 Å². The van der Waals surface area contributed by atoms with E-state index in [0.29, 0.717) is 6.04 Å². The van der Waals surface area contributed by atoms with Crippen molar-refractivity contribution in [3.8, 4) is 0 Å². The van der Waals surface area contributed by atoms with Crippen molar-refractivity contribution in [1.82, 2.24) is 19.9 Å². The highest BCUT2D eigenvalue weighted by Gasteiger charge is 2.20. The third-order valence-electron chi connectivity index (χ3n) is 3.89. The lowest BCUT2D eigenvalue weighted by Gasteiger charge is -2.25. The molecule has 2 aromatic heterocycles. The molecule has 0 bridgehead atoms. The van der Waals surface area contributed by atoms with Crippen molar-refractivity contribution in [3.63, 3.8) is 0 Å². The molecule has 0 spiro atoms. The third-order valence-corrected chi connectivity index (χ3v) is 3.89. The van der Waals surface area contributed by atoms with Crippen LogP contribution in [0.3, 0.4) is 0 Å². The van der Waals surface area contributed by atoms with Crippen LogP contribution in [0.25, 0.3) is 5.65 Å². The second kappa shape index (κ2) is 5.17. The maximum absolute atomic E-state index is 4.64. The number of pyridine rings is 1. The van der Waals surface area contributed by atoms with Crippen molar-refractivity contribution in [1.29, 1.82) is 0 Å². The quantitative estimate of drug-likeness (QED) is 0.890. The van der Waals surface area contributed by atoms with E-state index in [-0.39, 0.29) is 0 Å². The average molecular weight is 259 g/mol. The molecule has 3 rings (SSSR count). The van der Waals surface area contributed by atoms with Gasteiger partial charge in [-0.1, -0.05) is 0 Å². The Morgan fingerprint density at radius 2 is 2.26 bits per heavy atom. The molecular weight excluding hydrogens is 238 g/mol. The third kappa shape index (κ3) is 2.56. The molecule has 0 radical (unpaired) electrons. The Morgan fingerprint density at radius 3 is 3.16 bits per heavy atom. The molecule has 1 atom stereocenters. The van der Waals surface area contributed by atoms with Crippen molar-refractivity contribution < 1.29 is 0 Å². The minimum absolute atomic E-state index is 0.536. The van der Waals surface area contributed by atoms with Gasteiger partial charge in [0.1, 0.15) is 0 Å². The van der Waals surface area contributed by atoms with Gasteiger partial charge in [0.2, 0.25) is 5.95 Å². The summed E-state index contributed by atoms with van der Waals surface area (Å²) in [5.41, 5.74) is 2.14. The predicted octanol–water partition coefficient (Wildman–Crippen LogP) is 1.62. The van der Waals surface area contributed by atoms with Gasteiger partial charge in [0, 0.05) is 19.3 Å². The van der Waals surface area contributed by atoms with Crippen LogP contribution in [0, 0.1) is 6.92 Å². The molecule has 1 fully saturated rings. The summed E-state index contributed by atoms with van der Waals surface area (Å²) in [4.78, 5) is 6.87. The van der Waals surface area contributed by atoms with E-state index in [1.165, 1.54) is 18.4 Å². The van der Waals surface area contributed by atoms with Gasteiger partial charge in [-0.3, -0.25) is 0 Å². The van der Waals surface area contributed by atoms with Gasteiger partial charge in [-0.05, 0) is 57.0 Å². The first-order valence-corrected chi connectivity index (χ1v) is 7.00. The number of anilines is 1. The monoisotopic (exact) mass is 259 g/mol. The molecule has 1 saturated heterocycles. The van der Waals surface area contributed by atoms with Crippen LogP contribution in [0.2, 0.25) is 0 Å². The fourth-order valence-corrected chi connectivity index (χ4v) is 2.67. The molecule has 1 N–H and O–H groups in total. The molecule has 19 heavy (non-hydrogen) atoms. The van der Waals surface area contributed by atoms with Crippen LogP contribution in [-0.4, -0.2) is 40.8 Å². The average Bonchev–Trinajstić information content (AvgIpc) is 2.64. The normalized spacial score (nSPS) is 20.4. The van der Waals surface area contributed by atoms with E-state index in [9.17, 15) is 0 Å². The summed E-state index contributed by atoms with van der Waals surface area (Å²) in [5, 5.41) is 8.02. The number of aryl methyl sites for hydroxylation is 1. The van der Waals surface area contributed by atoms with Gasteiger partial charge in [-0.25, -0.2) is 4.52 Å². The van der Waals surface area contributed by atoms with Gasteiger partial charge in [0.15, 0.2) is 5.65 Å². The van der Waals surface area contributed by atoms with Gasteiger partial charge in [-0.2, -0.15) is 4.98 Å². The Bertz CT molecular complexity index is 554. The standard InChI is InChI=1S/C14H21N5/c1-11-6-9-19-13(10-11)16-14(17-19)18(2)12-4-3-7-15-8-5-12/h6,9-10,12,15H,3-5,7-8H2,1-2H3. The molecule has 1 aliphatic rings. The van der Waals surface area contributed by atoms with Crippen LogP contribution in [0.15, 0.2) is 18.3 Å². The van der Waals surface area contributed by atoms with E-state index in [1.54, 1.807) is 0 Å². The van der Waals surface area contributed by atoms with E-state index in [4.69, 9.17) is 0 Å². The Kier molecular flexibility index (Phi) is 3.38. The second-order valence-corrected chi connectivity index (χ2v) is 5.36. The Balaban J connectivity index is 1.85. The van der Waals surface area contributed by atoms with E-state index >= 15 is 0 Å². The molecule has 0 saturated carbocycles. The molecule has 102 valence electrons. The minimum atomic E-state index is 0.536. The topological polar surface area (TPSA) is 45.5 Å². The van der Waals surface area contributed by atoms with Crippen LogP contribution < -0.4 is 10.2 Å². The molecule has 3 heterocycles. The van der Waals surface area contributed by atoms with Crippen molar-refractivity contribution >= 4 is 11.6 Å². The first-order chi connectivity index (χ1) is 9.24. The van der Waals surface area contributed by atoms with Crippen LogP contribution in [0.4, 0.5) is 5.95 Å². The van der Waals surface area contributed by atoms with Gasteiger partial charge in [-0.15, -0.1) is 5.10 Å². The summed E-state index contributed by atoms with van der Waals surface area (Å²) in [6, 6.07) is 4.66. The molecule has 1 aliphatic heterocycles. The first kappa shape index (κ1) is 12.4. The predicted molar refractivity (Wildman–Crippen MR) is 76.6 cm³/mol. The summed E-state index contributed by atoms with van der Waals surface area (Å²) in [7, 11) is 2.11. The number of hydrogen-bond acceptors (Lipinski definition) is 4. The van der Waals surface area contributed by atoms with Crippen LogP contribution >= 0.6 is 0 Å². The van der Waals surface area contributed by atoms with Gasteiger partial charge >= 0.3 is 0 Å². The molecule has 1 unspecified atom stereocenters. The Morgan fingerprint density at radius 1 is 1.37 bits per heavy atom. The molecule has 0 aliphatic carbocycles. The number of rotatable bonds is 2. The zero-order valence-electron chi connectivity index (χ0n) is 11.6. The summed E-state index contributed by atoms with van der Waals surface area (Å²) in [5.74, 6) is 0.831. The van der Waals surface area contributed by atoms with E-state index in [0.717, 1.165) is 31.1 Å². The van der Waals surface area contributed by atoms with Crippen molar-refractivity contribution in [2.75, 3.05) is 25.0 Å². The number of hydrogen-bond donors (Lipinski definition) is 1. The highest BCUT2D eigenvalue weighted by Crippen LogP contribution is 2.18. The largest absolute Gasteiger partial charge is 0.340 e. The molecule has 2 aromatic rings. The summed E-state index contributed by atoms with van der Waals surface area (Å²) in [6.07, 6.45) is 5.56. The molecule has 0 amide bonds. The lowest BCUT2D eigenvalue weighted by atomic mass is 10.1. The lowest BCUT2D eigenvalue weighted by molar-refractivity contribution is 0.558. The van der Waals surface area contributed by atoms with Crippen LogP contribution in [-0.2, 0) is 0 Å². The number of fused-ring (bicyclic) bond motifs is 1. The number of nitrogens with zero attached hydrogens (tertiary/aromatic N) is 4. The maximum atomic E-state index is 4.64. The fourth-order valence-electron chi connectivity index (χ4n) is 2.67. The van der Waals surface area contributed by atoms with Gasteiger partial charge in [0.25, 0.3) is 0 Å². The SMILES string of the molecule is Cc1ccn2nc(N(C)C3CCCNCC3)nc2c1. The first-order valence-electron chi connectivity index (χ1n) is 7.00. The Hall–Kier alpha value is -1.62. The van der Waals surface area contributed by atoms with Crippen molar-refractivity contribution in [2.24, 2.45) is 0 Å². The van der Waals surface area contributed by atoms with Crippen LogP contribution in [0.5, 0.6) is 0 Å². The van der Waals surface area contributed by atoms with E-state index < -0.39 is 0 Å².